The maximum atomic E-state index is 11.5. The van der Waals surface area contributed by atoms with Crippen LogP contribution < -0.4 is 10.6 Å². The SMILES string of the molecule is C=C(C)CNC(=O)CCCNC(=O)C(C)(C)C. The van der Waals surface area contributed by atoms with Crippen LogP contribution in [-0.2, 0) is 9.59 Å². The fraction of sp³-hybridized carbons (Fsp3) is 0.692. The van der Waals surface area contributed by atoms with E-state index in [1.807, 2.05) is 27.7 Å². The van der Waals surface area contributed by atoms with E-state index in [0.717, 1.165) is 5.57 Å². The van der Waals surface area contributed by atoms with Crippen molar-refractivity contribution in [3.63, 3.8) is 0 Å². The molecule has 2 amide bonds. The fourth-order valence-corrected chi connectivity index (χ4v) is 1.05. The monoisotopic (exact) mass is 240 g/mol. The van der Waals surface area contributed by atoms with Crippen LogP contribution in [0.4, 0.5) is 0 Å². The molecule has 17 heavy (non-hydrogen) atoms. The van der Waals surface area contributed by atoms with E-state index in [1.54, 1.807) is 0 Å². The summed E-state index contributed by atoms with van der Waals surface area (Å²) in [5, 5.41) is 5.56. The van der Waals surface area contributed by atoms with Crippen molar-refractivity contribution in [1.82, 2.24) is 10.6 Å². The van der Waals surface area contributed by atoms with Crippen molar-refractivity contribution < 1.29 is 9.59 Å². The van der Waals surface area contributed by atoms with E-state index in [2.05, 4.69) is 17.2 Å². The molecule has 0 aromatic rings. The van der Waals surface area contributed by atoms with Crippen LogP contribution in [0.3, 0.4) is 0 Å². The molecule has 0 saturated carbocycles. The number of nitrogens with one attached hydrogen (secondary N) is 2. The summed E-state index contributed by atoms with van der Waals surface area (Å²) in [4.78, 5) is 22.8. The maximum Gasteiger partial charge on any atom is 0.225 e. The molecule has 98 valence electrons. The van der Waals surface area contributed by atoms with Crippen LogP contribution in [-0.4, -0.2) is 24.9 Å². The van der Waals surface area contributed by atoms with E-state index in [-0.39, 0.29) is 17.2 Å². The van der Waals surface area contributed by atoms with E-state index in [1.165, 1.54) is 0 Å². The molecule has 0 fully saturated rings. The van der Waals surface area contributed by atoms with Crippen LogP contribution in [0.2, 0.25) is 0 Å². The topological polar surface area (TPSA) is 58.2 Å². The zero-order valence-electron chi connectivity index (χ0n) is 11.4. The molecule has 0 aromatic carbocycles. The highest BCUT2D eigenvalue weighted by molar-refractivity contribution is 5.81. The Kier molecular flexibility index (Phi) is 6.54. The summed E-state index contributed by atoms with van der Waals surface area (Å²) in [6.45, 7) is 12.2. The van der Waals surface area contributed by atoms with Crippen molar-refractivity contribution in [3.05, 3.63) is 12.2 Å². The molecular weight excluding hydrogens is 216 g/mol. The molecule has 0 unspecified atom stereocenters. The molecule has 0 rings (SSSR count). The number of hydrogen-bond acceptors (Lipinski definition) is 2. The van der Waals surface area contributed by atoms with Crippen molar-refractivity contribution >= 4 is 11.8 Å². The van der Waals surface area contributed by atoms with E-state index in [9.17, 15) is 9.59 Å². The second-order valence-electron chi connectivity index (χ2n) is 5.34. The summed E-state index contributed by atoms with van der Waals surface area (Å²) in [7, 11) is 0. The van der Waals surface area contributed by atoms with Gasteiger partial charge in [-0.15, -0.1) is 0 Å². The molecule has 0 aliphatic carbocycles. The van der Waals surface area contributed by atoms with Gasteiger partial charge in [0.05, 0.1) is 0 Å². The van der Waals surface area contributed by atoms with Gasteiger partial charge in [-0.3, -0.25) is 9.59 Å². The maximum absolute atomic E-state index is 11.5. The highest BCUT2D eigenvalue weighted by atomic mass is 16.2. The van der Waals surface area contributed by atoms with Gasteiger partial charge in [0.1, 0.15) is 0 Å². The largest absolute Gasteiger partial charge is 0.356 e. The summed E-state index contributed by atoms with van der Waals surface area (Å²) < 4.78 is 0. The molecule has 0 heterocycles. The molecule has 0 saturated heterocycles. The zero-order chi connectivity index (χ0) is 13.5. The molecule has 4 nitrogen and oxygen atoms in total. The lowest BCUT2D eigenvalue weighted by Crippen LogP contribution is -2.35. The third kappa shape index (κ3) is 8.48. The van der Waals surface area contributed by atoms with Crippen LogP contribution >= 0.6 is 0 Å². The molecule has 0 radical (unpaired) electrons. The lowest BCUT2D eigenvalue weighted by Gasteiger charge is -2.17. The van der Waals surface area contributed by atoms with Crippen LogP contribution in [0.1, 0.15) is 40.5 Å². The van der Waals surface area contributed by atoms with Gasteiger partial charge in [0, 0.05) is 24.9 Å². The Bertz CT molecular complexity index is 290. The number of rotatable bonds is 6. The molecule has 2 N–H and O–H groups in total. The van der Waals surface area contributed by atoms with E-state index < -0.39 is 0 Å². The Morgan fingerprint density at radius 1 is 1.18 bits per heavy atom. The standard InChI is InChI=1S/C13H24N2O2/c1-10(2)9-15-11(16)7-6-8-14-12(17)13(3,4)5/h1,6-9H2,2-5H3,(H,14,17)(H,15,16). The summed E-state index contributed by atoms with van der Waals surface area (Å²) in [6, 6.07) is 0. The summed E-state index contributed by atoms with van der Waals surface area (Å²) in [5.74, 6) is 0.0119. The lowest BCUT2D eigenvalue weighted by atomic mass is 9.96. The molecule has 4 heteroatoms. The third-order valence-corrected chi connectivity index (χ3v) is 2.13. The highest BCUT2D eigenvalue weighted by Crippen LogP contribution is 2.12. The molecule has 0 aliphatic rings. The minimum Gasteiger partial charge on any atom is -0.356 e. The van der Waals surface area contributed by atoms with Gasteiger partial charge in [-0.25, -0.2) is 0 Å². The Hall–Kier alpha value is -1.32. The van der Waals surface area contributed by atoms with Gasteiger partial charge in [-0.05, 0) is 13.3 Å². The normalized spacial score (nSPS) is 10.8. The number of carbonyl (C=O) groups excluding carboxylic acids is 2. The highest BCUT2D eigenvalue weighted by Gasteiger charge is 2.20. The van der Waals surface area contributed by atoms with Crippen LogP contribution in [0.5, 0.6) is 0 Å². The van der Waals surface area contributed by atoms with Gasteiger partial charge < -0.3 is 10.6 Å². The van der Waals surface area contributed by atoms with Gasteiger partial charge >= 0.3 is 0 Å². The smallest absolute Gasteiger partial charge is 0.225 e. The first kappa shape index (κ1) is 15.7. The number of amides is 2. The summed E-state index contributed by atoms with van der Waals surface area (Å²) >= 11 is 0. The predicted molar refractivity (Wildman–Crippen MR) is 69.5 cm³/mol. The van der Waals surface area contributed by atoms with Crippen LogP contribution in [0.25, 0.3) is 0 Å². The first-order valence-corrected chi connectivity index (χ1v) is 5.93. The average Bonchev–Trinajstić information content (AvgIpc) is 2.19. The molecule has 0 bridgehead atoms. The Morgan fingerprint density at radius 2 is 1.76 bits per heavy atom. The molecule has 0 aliphatic heterocycles. The number of carbonyl (C=O) groups is 2. The molecular formula is C13H24N2O2. The Labute approximate surface area is 104 Å². The third-order valence-electron chi connectivity index (χ3n) is 2.13. The van der Waals surface area contributed by atoms with Gasteiger partial charge in [-0.1, -0.05) is 32.9 Å². The average molecular weight is 240 g/mol. The molecule has 0 atom stereocenters. The van der Waals surface area contributed by atoms with E-state index >= 15 is 0 Å². The first-order valence-electron chi connectivity index (χ1n) is 5.93. The number of hydrogen-bond donors (Lipinski definition) is 2. The molecule has 0 spiro atoms. The Morgan fingerprint density at radius 3 is 2.24 bits per heavy atom. The minimum absolute atomic E-state index is 0.00184. The van der Waals surface area contributed by atoms with Crippen molar-refractivity contribution in [3.8, 4) is 0 Å². The minimum atomic E-state index is -0.373. The van der Waals surface area contributed by atoms with Crippen molar-refractivity contribution in [2.45, 2.75) is 40.5 Å². The Balaban J connectivity index is 3.62. The van der Waals surface area contributed by atoms with Crippen molar-refractivity contribution in [2.75, 3.05) is 13.1 Å². The van der Waals surface area contributed by atoms with Crippen LogP contribution in [0, 0.1) is 5.41 Å². The quantitative estimate of drug-likeness (QED) is 0.547. The van der Waals surface area contributed by atoms with Crippen LogP contribution in [0.15, 0.2) is 12.2 Å². The molecule has 0 aromatic heterocycles. The van der Waals surface area contributed by atoms with Gasteiger partial charge in [0.2, 0.25) is 11.8 Å². The van der Waals surface area contributed by atoms with Gasteiger partial charge in [0.25, 0.3) is 0 Å². The fourth-order valence-electron chi connectivity index (χ4n) is 1.05. The summed E-state index contributed by atoms with van der Waals surface area (Å²) in [6.07, 6.45) is 1.08. The van der Waals surface area contributed by atoms with Gasteiger partial charge in [-0.2, -0.15) is 0 Å². The first-order chi connectivity index (χ1) is 7.73. The second kappa shape index (κ2) is 7.09. The predicted octanol–water partition coefficient (Wildman–Crippen LogP) is 1.62. The van der Waals surface area contributed by atoms with Gasteiger partial charge in [0.15, 0.2) is 0 Å². The van der Waals surface area contributed by atoms with Crippen molar-refractivity contribution in [1.29, 1.82) is 0 Å². The second-order valence-corrected chi connectivity index (χ2v) is 5.34. The van der Waals surface area contributed by atoms with E-state index in [4.69, 9.17) is 0 Å². The lowest BCUT2D eigenvalue weighted by molar-refractivity contribution is -0.128. The zero-order valence-corrected chi connectivity index (χ0v) is 11.4. The van der Waals surface area contributed by atoms with E-state index in [0.29, 0.717) is 25.9 Å². The van der Waals surface area contributed by atoms with Crippen molar-refractivity contribution in [2.24, 2.45) is 5.41 Å². The summed E-state index contributed by atoms with van der Waals surface area (Å²) in [5.41, 5.74) is 0.557.